The van der Waals surface area contributed by atoms with E-state index >= 15 is 0 Å². The van der Waals surface area contributed by atoms with E-state index in [-0.39, 0.29) is 0 Å². The molecule has 0 aliphatic carbocycles. The molecule has 2 rings (SSSR count). The SMILES string of the molecule is CCCCN1CCC(=NO)c2ccccc21. The molecule has 1 aliphatic rings. The normalized spacial score (nSPS) is 17.6. The molecule has 0 spiro atoms. The average molecular weight is 218 g/mol. The lowest BCUT2D eigenvalue weighted by Gasteiger charge is -2.31. The molecule has 1 aromatic rings. The van der Waals surface area contributed by atoms with Gasteiger partial charge < -0.3 is 10.1 Å². The Bertz CT molecular complexity index is 387. The molecule has 86 valence electrons. The molecule has 1 heterocycles. The van der Waals surface area contributed by atoms with Crippen LogP contribution in [0.3, 0.4) is 0 Å². The van der Waals surface area contributed by atoms with Crippen molar-refractivity contribution in [3.05, 3.63) is 29.8 Å². The summed E-state index contributed by atoms with van der Waals surface area (Å²) < 4.78 is 0. The summed E-state index contributed by atoms with van der Waals surface area (Å²) in [5, 5.41) is 12.4. The van der Waals surface area contributed by atoms with E-state index in [2.05, 4.69) is 23.0 Å². The second-order valence-electron chi connectivity index (χ2n) is 4.15. The molecule has 0 aromatic heterocycles. The van der Waals surface area contributed by atoms with Crippen LogP contribution in [0.1, 0.15) is 31.7 Å². The minimum absolute atomic E-state index is 0.809. The second kappa shape index (κ2) is 5.01. The number of fused-ring (bicyclic) bond motifs is 1. The fourth-order valence-electron chi connectivity index (χ4n) is 2.17. The van der Waals surface area contributed by atoms with Crippen molar-refractivity contribution in [2.45, 2.75) is 26.2 Å². The highest BCUT2D eigenvalue weighted by Gasteiger charge is 2.20. The van der Waals surface area contributed by atoms with Crippen LogP contribution >= 0.6 is 0 Å². The number of para-hydroxylation sites is 1. The van der Waals surface area contributed by atoms with E-state index in [1.54, 1.807) is 0 Å². The van der Waals surface area contributed by atoms with E-state index in [1.165, 1.54) is 18.5 Å². The Morgan fingerprint density at radius 3 is 2.94 bits per heavy atom. The maximum absolute atomic E-state index is 8.97. The molecule has 0 bridgehead atoms. The van der Waals surface area contributed by atoms with E-state index in [4.69, 9.17) is 5.21 Å². The molecule has 3 nitrogen and oxygen atoms in total. The highest BCUT2D eigenvalue weighted by atomic mass is 16.4. The highest BCUT2D eigenvalue weighted by molar-refractivity contribution is 6.06. The van der Waals surface area contributed by atoms with Crippen LogP contribution < -0.4 is 4.90 Å². The zero-order chi connectivity index (χ0) is 11.4. The van der Waals surface area contributed by atoms with Crippen molar-refractivity contribution in [1.82, 2.24) is 0 Å². The topological polar surface area (TPSA) is 35.8 Å². The van der Waals surface area contributed by atoms with Crippen molar-refractivity contribution in [2.24, 2.45) is 5.16 Å². The summed E-state index contributed by atoms with van der Waals surface area (Å²) in [6, 6.07) is 8.17. The first-order chi connectivity index (χ1) is 7.86. The van der Waals surface area contributed by atoms with Crippen molar-refractivity contribution in [2.75, 3.05) is 18.0 Å². The van der Waals surface area contributed by atoms with Gasteiger partial charge in [-0.1, -0.05) is 36.7 Å². The van der Waals surface area contributed by atoms with Crippen LogP contribution in [0.25, 0.3) is 0 Å². The molecule has 0 unspecified atom stereocenters. The molecule has 1 aliphatic heterocycles. The maximum Gasteiger partial charge on any atom is 0.0906 e. The molecule has 0 saturated heterocycles. The standard InChI is InChI=1S/C13H18N2O/c1-2-3-9-15-10-8-12(14-16)11-6-4-5-7-13(11)15/h4-7,16H,2-3,8-10H2,1H3. The summed E-state index contributed by atoms with van der Waals surface area (Å²) in [6.45, 7) is 4.25. The Hall–Kier alpha value is -1.51. The lowest BCUT2D eigenvalue weighted by Crippen LogP contribution is -2.33. The maximum atomic E-state index is 8.97. The Morgan fingerprint density at radius 2 is 2.19 bits per heavy atom. The highest BCUT2D eigenvalue weighted by Crippen LogP contribution is 2.27. The van der Waals surface area contributed by atoms with E-state index in [0.29, 0.717) is 0 Å². The zero-order valence-electron chi connectivity index (χ0n) is 9.69. The predicted octanol–water partition coefficient (Wildman–Crippen LogP) is 2.88. The summed E-state index contributed by atoms with van der Waals surface area (Å²) in [7, 11) is 0. The molecule has 1 N–H and O–H groups in total. The van der Waals surface area contributed by atoms with Crippen molar-refractivity contribution in [1.29, 1.82) is 0 Å². The minimum Gasteiger partial charge on any atom is -0.411 e. The van der Waals surface area contributed by atoms with Crippen LogP contribution in [0, 0.1) is 0 Å². The number of nitrogens with zero attached hydrogens (tertiary/aromatic N) is 2. The molecular weight excluding hydrogens is 200 g/mol. The number of benzene rings is 1. The molecule has 3 heteroatoms. The molecular formula is C13H18N2O. The second-order valence-corrected chi connectivity index (χ2v) is 4.15. The number of hydrogen-bond acceptors (Lipinski definition) is 3. The quantitative estimate of drug-likeness (QED) is 0.625. The van der Waals surface area contributed by atoms with Crippen molar-refractivity contribution >= 4 is 11.4 Å². The zero-order valence-corrected chi connectivity index (χ0v) is 9.69. The fourth-order valence-corrected chi connectivity index (χ4v) is 2.17. The molecule has 0 radical (unpaired) electrons. The third kappa shape index (κ3) is 2.03. The summed E-state index contributed by atoms with van der Waals surface area (Å²) in [5.41, 5.74) is 3.09. The number of anilines is 1. The predicted molar refractivity (Wildman–Crippen MR) is 66.5 cm³/mol. The van der Waals surface area contributed by atoms with Gasteiger partial charge >= 0.3 is 0 Å². The first-order valence-electron chi connectivity index (χ1n) is 5.92. The van der Waals surface area contributed by atoms with Gasteiger partial charge in [0.2, 0.25) is 0 Å². The Labute approximate surface area is 96.4 Å². The lowest BCUT2D eigenvalue weighted by molar-refractivity contribution is 0.317. The van der Waals surface area contributed by atoms with Gasteiger partial charge in [-0.25, -0.2) is 0 Å². The monoisotopic (exact) mass is 218 g/mol. The Kier molecular flexibility index (Phi) is 3.44. The average Bonchev–Trinajstić information content (AvgIpc) is 2.36. The molecule has 16 heavy (non-hydrogen) atoms. The number of rotatable bonds is 3. The Balaban J connectivity index is 2.28. The third-order valence-corrected chi connectivity index (χ3v) is 3.08. The smallest absolute Gasteiger partial charge is 0.0906 e. The van der Waals surface area contributed by atoms with Gasteiger partial charge in [-0.05, 0) is 12.5 Å². The van der Waals surface area contributed by atoms with Gasteiger partial charge in [-0.2, -0.15) is 0 Å². The first-order valence-corrected chi connectivity index (χ1v) is 5.92. The Morgan fingerprint density at radius 1 is 1.38 bits per heavy atom. The van der Waals surface area contributed by atoms with Gasteiger partial charge in [0, 0.05) is 30.8 Å². The molecule has 0 amide bonds. The van der Waals surface area contributed by atoms with Gasteiger partial charge in [0.25, 0.3) is 0 Å². The fraction of sp³-hybridized carbons (Fsp3) is 0.462. The molecule has 0 saturated carbocycles. The van der Waals surface area contributed by atoms with E-state index < -0.39 is 0 Å². The number of oxime groups is 1. The third-order valence-electron chi connectivity index (χ3n) is 3.08. The van der Waals surface area contributed by atoms with Crippen molar-refractivity contribution < 1.29 is 5.21 Å². The van der Waals surface area contributed by atoms with Gasteiger partial charge in [0.05, 0.1) is 5.71 Å². The van der Waals surface area contributed by atoms with Crippen LogP contribution in [-0.4, -0.2) is 24.0 Å². The minimum atomic E-state index is 0.809. The van der Waals surface area contributed by atoms with E-state index in [0.717, 1.165) is 30.8 Å². The molecule has 0 atom stereocenters. The number of hydrogen-bond donors (Lipinski definition) is 1. The van der Waals surface area contributed by atoms with E-state index in [9.17, 15) is 0 Å². The van der Waals surface area contributed by atoms with Crippen molar-refractivity contribution in [3.8, 4) is 0 Å². The van der Waals surface area contributed by atoms with Crippen LogP contribution in [0.15, 0.2) is 29.4 Å². The van der Waals surface area contributed by atoms with Crippen LogP contribution in [0.5, 0.6) is 0 Å². The first kappa shape index (κ1) is 11.0. The van der Waals surface area contributed by atoms with Crippen LogP contribution in [0.4, 0.5) is 5.69 Å². The molecule has 1 aromatic carbocycles. The van der Waals surface area contributed by atoms with Gasteiger partial charge in [-0.15, -0.1) is 0 Å². The number of unbranched alkanes of at least 4 members (excludes halogenated alkanes) is 1. The van der Waals surface area contributed by atoms with Crippen LogP contribution in [0.2, 0.25) is 0 Å². The summed E-state index contributed by atoms with van der Waals surface area (Å²) >= 11 is 0. The van der Waals surface area contributed by atoms with E-state index in [1.807, 2.05) is 18.2 Å². The largest absolute Gasteiger partial charge is 0.411 e. The summed E-state index contributed by atoms with van der Waals surface area (Å²) in [6.07, 6.45) is 3.25. The van der Waals surface area contributed by atoms with Crippen LogP contribution in [-0.2, 0) is 0 Å². The van der Waals surface area contributed by atoms with Gasteiger partial charge in [0.15, 0.2) is 0 Å². The summed E-state index contributed by atoms with van der Waals surface area (Å²) in [4.78, 5) is 2.38. The van der Waals surface area contributed by atoms with Gasteiger partial charge in [0.1, 0.15) is 0 Å². The van der Waals surface area contributed by atoms with Gasteiger partial charge in [-0.3, -0.25) is 0 Å². The molecule has 0 fully saturated rings. The lowest BCUT2D eigenvalue weighted by atomic mass is 9.99. The summed E-state index contributed by atoms with van der Waals surface area (Å²) in [5.74, 6) is 0. The van der Waals surface area contributed by atoms with Crippen molar-refractivity contribution in [3.63, 3.8) is 0 Å².